The summed E-state index contributed by atoms with van der Waals surface area (Å²) in [4.78, 5) is 29.3. The number of methoxy groups -OCH3 is 1. The average Bonchev–Trinajstić information content (AvgIpc) is 3.49. The van der Waals surface area contributed by atoms with Crippen molar-refractivity contribution in [2.24, 2.45) is 0 Å². The van der Waals surface area contributed by atoms with E-state index in [0.717, 1.165) is 24.0 Å². The molecule has 0 bridgehead atoms. The number of nitrogens with one attached hydrogen (secondary N) is 1. The molecule has 7 nitrogen and oxygen atoms in total. The Labute approximate surface area is 179 Å². The minimum atomic E-state index is -0.569. The van der Waals surface area contributed by atoms with Crippen LogP contribution >= 0.6 is 0 Å². The van der Waals surface area contributed by atoms with Crippen molar-refractivity contribution in [3.05, 3.63) is 71.8 Å². The maximum Gasteiger partial charge on any atom is 0.337 e. The molecule has 3 aromatic rings. The number of esters is 1. The lowest BCUT2D eigenvalue weighted by atomic mass is 9.94. The largest absolute Gasteiger partial charge is 0.465 e. The van der Waals surface area contributed by atoms with Crippen LogP contribution in [0, 0.1) is 0 Å². The fourth-order valence-electron chi connectivity index (χ4n) is 3.76. The van der Waals surface area contributed by atoms with Crippen molar-refractivity contribution in [1.29, 1.82) is 0 Å². The molecule has 2 aromatic carbocycles. The van der Waals surface area contributed by atoms with Gasteiger partial charge in [0.05, 0.1) is 23.8 Å². The molecule has 1 saturated carbocycles. The van der Waals surface area contributed by atoms with E-state index < -0.39 is 11.4 Å². The Kier molecular flexibility index (Phi) is 4.58. The second kappa shape index (κ2) is 7.43. The maximum atomic E-state index is 13.1. The number of carbonyl (C=O) groups excluding carboxylic acids is 2. The van der Waals surface area contributed by atoms with Gasteiger partial charge in [0.25, 0.3) is 0 Å². The lowest BCUT2D eigenvalue weighted by Gasteiger charge is -2.16. The summed E-state index contributed by atoms with van der Waals surface area (Å²) in [6.45, 7) is 0.204. The van der Waals surface area contributed by atoms with Crippen LogP contribution in [0.25, 0.3) is 11.3 Å². The van der Waals surface area contributed by atoms with E-state index in [4.69, 9.17) is 14.2 Å². The third-order valence-corrected chi connectivity index (χ3v) is 5.70. The van der Waals surface area contributed by atoms with E-state index in [1.807, 2.05) is 30.3 Å². The van der Waals surface area contributed by atoms with Gasteiger partial charge in [0.1, 0.15) is 5.82 Å². The van der Waals surface area contributed by atoms with Crippen LogP contribution in [0.5, 0.6) is 11.5 Å². The van der Waals surface area contributed by atoms with Crippen molar-refractivity contribution >= 4 is 17.7 Å². The first kappa shape index (κ1) is 19.1. The molecule has 2 heterocycles. The zero-order valence-electron chi connectivity index (χ0n) is 16.9. The number of ether oxygens (including phenoxy) is 3. The first-order chi connectivity index (χ1) is 15.1. The summed E-state index contributed by atoms with van der Waals surface area (Å²) in [6.07, 6.45) is 1.54. The van der Waals surface area contributed by atoms with Crippen LogP contribution in [0.15, 0.2) is 60.7 Å². The van der Waals surface area contributed by atoms with Gasteiger partial charge in [0.2, 0.25) is 12.7 Å². The van der Waals surface area contributed by atoms with E-state index >= 15 is 0 Å². The molecular weight excluding hydrogens is 396 g/mol. The minimum absolute atomic E-state index is 0.0861. The second-order valence-electron chi connectivity index (χ2n) is 7.58. The van der Waals surface area contributed by atoms with Gasteiger partial charge in [0, 0.05) is 5.56 Å². The van der Waals surface area contributed by atoms with Gasteiger partial charge >= 0.3 is 5.97 Å². The van der Waals surface area contributed by atoms with Gasteiger partial charge in [0.15, 0.2) is 11.5 Å². The summed E-state index contributed by atoms with van der Waals surface area (Å²) in [5, 5.41) is 2.96. The topological polar surface area (TPSA) is 86.8 Å². The Hall–Kier alpha value is -3.87. The van der Waals surface area contributed by atoms with Gasteiger partial charge < -0.3 is 19.5 Å². The number of pyridine rings is 1. The summed E-state index contributed by atoms with van der Waals surface area (Å²) in [6, 6.07) is 18.1. The molecule has 0 atom stereocenters. The fraction of sp³-hybridized carbons (Fsp3) is 0.208. The maximum absolute atomic E-state index is 13.1. The molecule has 31 heavy (non-hydrogen) atoms. The van der Waals surface area contributed by atoms with E-state index in [-0.39, 0.29) is 12.7 Å². The number of carbonyl (C=O) groups is 2. The Morgan fingerprint density at radius 2 is 1.77 bits per heavy atom. The molecule has 0 spiro atoms. The average molecular weight is 416 g/mol. The smallest absolute Gasteiger partial charge is 0.337 e. The molecule has 0 radical (unpaired) electrons. The molecule has 1 fully saturated rings. The number of benzene rings is 2. The highest BCUT2D eigenvalue weighted by molar-refractivity contribution is 6.01. The van der Waals surface area contributed by atoms with E-state index in [1.165, 1.54) is 7.11 Å². The quantitative estimate of drug-likeness (QED) is 0.634. The molecule has 1 aliphatic heterocycles. The Bertz CT molecular complexity index is 1170. The molecule has 0 unspecified atom stereocenters. The highest BCUT2D eigenvalue weighted by Gasteiger charge is 2.51. The molecule has 1 aliphatic carbocycles. The molecule has 1 N–H and O–H groups in total. The summed E-state index contributed by atoms with van der Waals surface area (Å²) < 4.78 is 15.6. The van der Waals surface area contributed by atoms with Gasteiger partial charge in [-0.05, 0) is 54.8 Å². The number of hydrogen-bond donors (Lipinski definition) is 1. The Balaban J connectivity index is 1.35. The van der Waals surface area contributed by atoms with E-state index in [2.05, 4.69) is 10.3 Å². The van der Waals surface area contributed by atoms with Crippen LogP contribution in [0.1, 0.15) is 28.8 Å². The fourth-order valence-corrected chi connectivity index (χ4v) is 3.76. The monoisotopic (exact) mass is 416 g/mol. The second-order valence-corrected chi connectivity index (χ2v) is 7.58. The van der Waals surface area contributed by atoms with Crippen molar-refractivity contribution in [1.82, 2.24) is 4.98 Å². The van der Waals surface area contributed by atoms with E-state index in [0.29, 0.717) is 28.6 Å². The standard InChI is InChI=1S/C24H20N2O5/c1-29-22(27)16-7-5-15(6-8-16)18-3-2-4-21(25-18)26-23(28)24(11-12-24)17-9-10-19-20(13-17)31-14-30-19/h2-10,13H,11-12,14H2,1H3,(H,25,26,28). The lowest BCUT2D eigenvalue weighted by molar-refractivity contribution is -0.118. The molecule has 1 aromatic heterocycles. The molecule has 0 saturated heterocycles. The van der Waals surface area contributed by atoms with Crippen LogP contribution < -0.4 is 14.8 Å². The van der Waals surface area contributed by atoms with Gasteiger partial charge in [-0.3, -0.25) is 4.79 Å². The molecule has 2 aliphatic rings. The van der Waals surface area contributed by atoms with Gasteiger partial charge in [-0.1, -0.05) is 24.3 Å². The normalized spacial score (nSPS) is 15.3. The lowest BCUT2D eigenvalue weighted by Crippen LogP contribution is -2.28. The van der Waals surface area contributed by atoms with Crippen LogP contribution in [0.4, 0.5) is 5.82 Å². The van der Waals surface area contributed by atoms with Crippen LogP contribution in [-0.2, 0) is 14.9 Å². The predicted octanol–water partition coefficient (Wildman–Crippen LogP) is 3.93. The highest BCUT2D eigenvalue weighted by Crippen LogP contribution is 2.51. The molecule has 5 rings (SSSR count). The number of nitrogens with zero attached hydrogens (tertiary/aromatic N) is 1. The van der Waals surface area contributed by atoms with E-state index in [9.17, 15) is 9.59 Å². The summed E-state index contributed by atoms with van der Waals surface area (Å²) in [5.41, 5.74) is 2.35. The third kappa shape index (κ3) is 3.48. The van der Waals surface area contributed by atoms with E-state index in [1.54, 1.807) is 30.3 Å². The van der Waals surface area contributed by atoms with Gasteiger partial charge in [-0.2, -0.15) is 0 Å². The number of hydrogen-bond acceptors (Lipinski definition) is 6. The van der Waals surface area contributed by atoms with Crippen molar-refractivity contribution in [3.8, 4) is 22.8 Å². The summed E-state index contributed by atoms with van der Waals surface area (Å²) in [7, 11) is 1.35. The highest BCUT2D eigenvalue weighted by atomic mass is 16.7. The zero-order chi connectivity index (χ0) is 21.4. The number of fused-ring (bicyclic) bond motifs is 1. The SMILES string of the molecule is COC(=O)c1ccc(-c2cccc(NC(=O)C3(c4ccc5c(c4)OCO5)CC3)n2)cc1. The van der Waals surface area contributed by atoms with Crippen LogP contribution in [-0.4, -0.2) is 30.8 Å². The first-order valence-corrected chi connectivity index (χ1v) is 9.96. The van der Waals surface area contributed by atoms with Crippen molar-refractivity contribution in [3.63, 3.8) is 0 Å². The Morgan fingerprint density at radius 1 is 1.00 bits per heavy atom. The third-order valence-electron chi connectivity index (χ3n) is 5.70. The van der Waals surface area contributed by atoms with Crippen molar-refractivity contribution in [2.45, 2.75) is 18.3 Å². The van der Waals surface area contributed by atoms with Crippen LogP contribution in [0.2, 0.25) is 0 Å². The van der Waals surface area contributed by atoms with Crippen LogP contribution in [0.3, 0.4) is 0 Å². The van der Waals surface area contributed by atoms with Gasteiger partial charge in [-0.25, -0.2) is 9.78 Å². The molecular formula is C24H20N2O5. The number of amides is 1. The number of anilines is 1. The molecule has 1 amide bonds. The Morgan fingerprint density at radius 3 is 2.52 bits per heavy atom. The molecule has 7 heteroatoms. The predicted molar refractivity (Wildman–Crippen MR) is 113 cm³/mol. The summed E-state index contributed by atoms with van der Waals surface area (Å²) >= 11 is 0. The first-order valence-electron chi connectivity index (χ1n) is 9.96. The zero-order valence-corrected chi connectivity index (χ0v) is 16.9. The van der Waals surface area contributed by atoms with Crippen molar-refractivity contribution in [2.75, 3.05) is 19.2 Å². The number of rotatable bonds is 5. The summed E-state index contributed by atoms with van der Waals surface area (Å²) in [5.74, 6) is 1.38. The van der Waals surface area contributed by atoms with Gasteiger partial charge in [-0.15, -0.1) is 0 Å². The minimum Gasteiger partial charge on any atom is -0.465 e. The molecule has 156 valence electrons. The van der Waals surface area contributed by atoms with Crippen molar-refractivity contribution < 1.29 is 23.8 Å². The number of aromatic nitrogens is 1.